The van der Waals surface area contributed by atoms with E-state index in [2.05, 4.69) is 50.0 Å². The molecule has 0 atom stereocenters. The number of nitrogens with zero attached hydrogens (tertiary/aromatic N) is 3. The minimum Gasteiger partial charge on any atom is -0.309 e. The first-order valence-electron chi connectivity index (χ1n) is 6.25. The van der Waals surface area contributed by atoms with Crippen molar-refractivity contribution >= 4 is 15.9 Å². The molecular weight excluding hydrogens is 304 g/mol. The number of pyridine rings is 1. The molecule has 2 aromatic heterocycles. The molecule has 2 heterocycles. The summed E-state index contributed by atoms with van der Waals surface area (Å²) in [7, 11) is 0. The second kappa shape index (κ2) is 6.21. The number of halogens is 1. The average Bonchev–Trinajstić information content (AvgIpc) is 2.36. The SMILES string of the molecule is Cc1cc(CNC(C)C)nc(-c2ncccc2Br)n1. The number of hydrogen-bond donors (Lipinski definition) is 1. The number of aryl methyl sites for hydroxylation is 1. The molecule has 0 unspecified atom stereocenters. The van der Waals surface area contributed by atoms with E-state index in [1.165, 1.54) is 0 Å². The van der Waals surface area contributed by atoms with Crippen molar-refractivity contribution in [3.8, 4) is 11.5 Å². The molecule has 2 rings (SSSR count). The van der Waals surface area contributed by atoms with Crippen molar-refractivity contribution in [1.82, 2.24) is 20.3 Å². The Kier molecular flexibility index (Phi) is 4.61. The van der Waals surface area contributed by atoms with Crippen molar-refractivity contribution in [3.05, 3.63) is 40.3 Å². The fourth-order valence-corrected chi connectivity index (χ4v) is 2.12. The fraction of sp³-hybridized carbons (Fsp3) is 0.357. The summed E-state index contributed by atoms with van der Waals surface area (Å²) in [5.74, 6) is 0.660. The van der Waals surface area contributed by atoms with E-state index in [1.807, 2.05) is 25.1 Å². The Bertz CT molecular complexity index is 569. The van der Waals surface area contributed by atoms with E-state index < -0.39 is 0 Å². The van der Waals surface area contributed by atoms with Gasteiger partial charge in [0.25, 0.3) is 0 Å². The molecule has 0 aromatic carbocycles. The molecule has 0 spiro atoms. The second-order valence-electron chi connectivity index (χ2n) is 4.69. The lowest BCUT2D eigenvalue weighted by molar-refractivity contribution is 0.580. The van der Waals surface area contributed by atoms with Gasteiger partial charge in [-0.3, -0.25) is 4.98 Å². The third kappa shape index (κ3) is 3.81. The zero-order valence-electron chi connectivity index (χ0n) is 11.3. The summed E-state index contributed by atoms with van der Waals surface area (Å²) in [5.41, 5.74) is 2.70. The molecular formula is C14H17BrN4. The molecule has 0 bridgehead atoms. The van der Waals surface area contributed by atoms with Crippen molar-refractivity contribution < 1.29 is 0 Å². The lowest BCUT2D eigenvalue weighted by Gasteiger charge is -2.10. The van der Waals surface area contributed by atoms with E-state index in [0.29, 0.717) is 11.9 Å². The molecule has 1 N–H and O–H groups in total. The summed E-state index contributed by atoms with van der Waals surface area (Å²) in [4.78, 5) is 13.4. The van der Waals surface area contributed by atoms with Crippen molar-refractivity contribution in [2.24, 2.45) is 0 Å². The van der Waals surface area contributed by atoms with E-state index in [1.54, 1.807) is 6.20 Å². The molecule has 0 amide bonds. The first kappa shape index (κ1) is 14.1. The standard InChI is InChI=1S/C14H17BrN4/c1-9(2)17-8-11-7-10(3)18-14(19-11)13-12(15)5-4-6-16-13/h4-7,9,17H,8H2,1-3H3. The van der Waals surface area contributed by atoms with E-state index in [9.17, 15) is 0 Å². The maximum Gasteiger partial charge on any atom is 0.179 e. The van der Waals surface area contributed by atoms with Gasteiger partial charge in [0.15, 0.2) is 5.82 Å². The number of aromatic nitrogens is 3. The second-order valence-corrected chi connectivity index (χ2v) is 5.55. The highest BCUT2D eigenvalue weighted by atomic mass is 79.9. The Morgan fingerprint density at radius 3 is 2.79 bits per heavy atom. The average molecular weight is 321 g/mol. The molecule has 0 saturated heterocycles. The summed E-state index contributed by atoms with van der Waals surface area (Å²) in [6, 6.07) is 6.25. The molecule has 0 aliphatic carbocycles. The monoisotopic (exact) mass is 320 g/mol. The molecule has 0 radical (unpaired) electrons. The number of rotatable bonds is 4. The predicted octanol–water partition coefficient (Wildman–Crippen LogP) is 3.11. The van der Waals surface area contributed by atoms with Gasteiger partial charge < -0.3 is 5.32 Å². The van der Waals surface area contributed by atoms with E-state index in [4.69, 9.17) is 0 Å². The van der Waals surface area contributed by atoms with Gasteiger partial charge in [-0.2, -0.15) is 0 Å². The highest BCUT2D eigenvalue weighted by Gasteiger charge is 2.09. The summed E-state index contributed by atoms with van der Waals surface area (Å²) < 4.78 is 0.906. The van der Waals surface area contributed by atoms with Crippen LogP contribution in [0, 0.1) is 6.92 Å². The quantitative estimate of drug-likeness (QED) is 0.940. The van der Waals surface area contributed by atoms with Crippen LogP contribution >= 0.6 is 15.9 Å². The van der Waals surface area contributed by atoms with Crippen LogP contribution in [0.5, 0.6) is 0 Å². The first-order chi connectivity index (χ1) is 9.06. The first-order valence-corrected chi connectivity index (χ1v) is 7.04. The van der Waals surface area contributed by atoms with Gasteiger partial charge in [-0.25, -0.2) is 9.97 Å². The summed E-state index contributed by atoms with van der Waals surface area (Å²) in [6.07, 6.45) is 1.75. The van der Waals surface area contributed by atoms with Crippen molar-refractivity contribution in [3.63, 3.8) is 0 Å². The van der Waals surface area contributed by atoms with Gasteiger partial charge in [-0.15, -0.1) is 0 Å². The summed E-state index contributed by atoms with van der Waals surface area (Å²) >= 11 is 3.49. The highest BCUT2D eigenvalue weighted by Crippen LogP contribution is 2.22. The van der Waals surface area contributed by atoms with Gasteiger partial charge in [0.2, 0.25) is 0 Å². The lowest BCUT2D eigenvalue weighted by atomic mass is 10.2. The molecule has 0 aliphatic rings. The maximum atomic E-state index is 4.57. The summed E-state index contributed by atoms with van der Waals surface area (Å²) in [6.45, 7) is 6.94. The van der Waals surface area contributed by atoms with Gasteiger partial charge in [0.1, 0.15) is 5.69 Å². The molecule has 19 heavy (non-hydrogen) atoms. The van der Waals surface area contributed by atoms with Crippen molar-refractivity contribution in [2.45, 2.75) is 33.4 Å². The fourth-order valence-electron chi connectivity index (χ4n) is 1.69. The topological polar surface area (TPSA) is 50.7 Å². The Morgan fingerprint density at radius 1 is 1.32 bits per heavy atom. The van der Waals surface area contributed by atoms with Crippen LogP contribution in [0.2, 0.25) is 0 Å². The Morgan fingerprint density at radius 2 is 2.11 bits per heavy atom. The zero-order chi connectivity index (χ0) is 13.8. The van der Waals surface area contributed by atoms with Gasteiger partial charge >= 0.3 is 0 Å². The van der Waals surface area contributed by atoms with Crippen LogP contribution in [0.25, 0.3) is 11.5 Å². The highest BCUT2D eigenvalue weighted by molar-refractivity contribution is 9.10. The predicted molar refractivity (Wildman–Crippen MR) is 79.7 cm³/mol. The van der Waals surface area contributed by atoms with Gasteiger partial charge in [-0.05, 0) is 41.1 Å². The lowest BCUT2D eigenvalue weighted by Crippen LogP contribution is -2.22. The van der Waals surface area contributed by atoms with Crippen LogP contribution in [-0.4, -0.2) is 21.0 Å². The van der Waals surface area contributed by atoms with Crippen LogP contribution < -0.4 is 5.32 Å². The minimum atomic E-state index is 0.431. The van der Waals surface area contributed by atoms with Crippen LogP contribution in [-0.2, 0) is 6.54 Å². The smallest absolute Gasteiger partial charge is 0.179 e. The van der Waals surface area contributed by atoms with Gasteiger partial charge in [0, 0.05) is 29.0 Å². The zero-order valence-corrected chi connectivity index (χ0v) is 12.9. The Balaban J connectivity index is 2.34. The molecule has 0 aliphatic heterocycles. The van der Waals surface area contributed by atoms with E-state index in [0.717, 1.165) is 28.1 Å². The summed E-state index contributed by atoms with van der Waals surface area (Å²) in [5, 5.41) is 3.36. The van der Waals surface area contributed by atoms with Crippen molar-refractivity contribution in [1.29, 1.82) is 0 Å². The molecule has 4 nitrogen and oxygen atoms in total. The molecule has 100 valence electrons. The van der Waals surface area contributed by atoms with Crippen LogP contribution in [0.4, 0.5) is 0 Å². The van der Waals surface area contributed by atoms with Crippen LogP contribution in [0.1, 0.15) is 25.2 Å². The third-order valence-corrected chi connectivity index (χ3v) is 3.21. The minimum absolute atomic E-state index is 0.431. The molecule has 0 fully saturated rings. The van der Waals surface area contributed by atoms with E-state index in [-0.39, 0.29) is 0 Å². The molecule has 2 aromatic rings. The normalized spacial score (nSPS) is 11.0. The van der Waals surface area contributed by atoms with Crippen LogP contribution in [0.3, 0.4) is 0 Å². The molecule has 5 heteroatoms. The number of nitrogens with one attached hydrogen (secondary N) is 1. The van der Waals surface area contributed by atoms with Crippen molar-refractivity contribution in [2.75, 3.05) is 0 Å². The Hall–Kier alpha value is -1.33. The Labute approximate surface area is 121 Å². The van der Waals surface area contributed by atoms with Crippen LogP contribution in [0.15, 0.2) is 28.9 Å². The van der Waals surface area contributed by atoms with Gasteiger partial charge in [-0.1, -0.05) is 13.8 Å². The van der Waals surface area contributed by atoms with Gasteiger partial charge in [0.05, 0.1) is 5.69 Å². The van der Waals surface area contributed by atoms with E-state index >= 15 is 0 Å². The molecule has 0 saturated carbocycles. The largest absolute Gasteiger partial charge is 0.309 e. The maximum absolute atomic E-state index is 4.57. The third-order valence-electron chi connectivity index (χ3n) is 2.57. The number of hydrogen-bond acceptors (Lipinski definition) is 4.